The molecular formula is C10H16O6. The van der Waals surface area contributed by atoms with Gasteiger partial charge in [-0.25, -0.2) is 9.59 Å². The first-order valence-corrected chi connectivity index (χ1v) is 4.89. The Balaban J connectivity index is 0.000000325. The molecule has 1 aliphatic rings. The zero-order valence-corrected chi connectivity index (χ0v) is 9.72. The lowest BCUT2D eigenvalue weighted by atomic mass is 10.2. The van der Waals surface area contributed by atoms with Gasteiger partial charge in [0, 0.05) is 0 Å². The highest BCUT2D eigenvalue weighted by Gasteiger charge is 2.32. The fourth-order valence-electron chi connectivity index (χ4n) is 0.636. The van der Waals surface area contributed by atoms with Gasteiger partial charge in [0.05, 0.1) is 5.92 Å². The minimum atomic E-state index is -0.747. The van der Waals surface area contributed by atoms with E-state index in [1.165, 1.54) is 13.8 Å². The van der Waals surface area contributed by atoms with Crippen LogP contribution in [0.5, 0.6) is 0 Å². The van der Waals surface area contributed by atoms with Crippen LogP contribution in [-0.4, -0.2) is 35.2 Å². The van der Waals surface area contributed by atoms with Crippen molar-refractivity contribution in [2.75, 3.05) is 0 Å². The van der Waals surface area contributed by atoms with Crippen LogP contribution < -0.4 is 0 Å². The van der Waals surface area contributed by atoms with E-state index in [0.717, 1.165) is 0 Å². The molecule has 0 bridgehead atoms. The van der Waals surface area contributed by atoms with Gasteiger partial charge in [0.15, 0.2) is 12.2 Å². The Morgan fingerprint density at radius 3 is 1.56 bits per heavy atom. The molecule has 16 heavy (non-hydrogen) atoms. The molecule has 1 N–H and O–H groups in total. The van der Waals surface area contributed by atoms with E-state index in [2.05, 4.69) is 9.47 Å². The lowest BCUT2D eigenvalue weighted by Crippen LogP contribution is -2.40. The predicted molar refractivity (Wildman–Crippen MR) is 53.6 cm³/mol. The number of cyclic esters (lactones) is 2. The van der Waals surface area contributed by atoms with Crippen LogP contribution in [0.2, 0.25) is 0 Å². The molecule has 1 saturated heterocycles. The zero-order chi connectivity index (χ0) is 12.9. The maximum Gasteiger partial charge on any atom is 0.347 e. The van der Waals surface area contributed by atoms with Crippen LogP contribution in [0.3, 0.4) is 0 Å². The molecule has 1 heterocycles. The summed E-state index contributed by atoms with van der Waals surface area (Å²) in [6.07, 6.45) is -1.49. The molecular weight excluding hydrogens is 216 g/mol. The topological polar surface area (TPSA) is 89.9 Å². The van der Waals surface area contributed by atoms with Crippen LogP contribution in [-0.2, 0) is 23.9 Å². The van der Waals surface area contributed by atoms with Gasteiger partial charge in [-0.15, -0.1) is 0 Å². The van der Waals surface area contributed by atoms with Crippen LogP contribution in [0.4, 0.5) is 0 Å². The van der Waals surface area contributed by atoms with Gasteiger partial charge in [-0.2, -0.15) is 0 Å². The van der Waals surface area contributed by atoms with Gasteiger partial charge in [0.25, 0.3) is 0 Å². The summed E-state index contributed by atoms with van der Waals surface area (Å²) in [7, 11) is 0. The van der Waals surface area contributed by atoms with Crippen LogP contribution in [0, 0.1) is 5.92 Å². The quantitative estimate of drug-likeness (QED) is 0.665. The standard InChI is InChI=1S/C6H8O4.C4H8O2/c1-3-5(7)10-4(2)6(8)9-3;1-3(2)4(5)6/h3-4H,1-2H3;3H,1-2H3,(H,5,6). The number of carbonyl (C=O) groups excluding carboxylic acids is 2. The Morgan fingerprint density at radius 2 is 1.38 bits per heavy atom. The number of hydrogen-bond donors (Lipinski definition) is 1. The molecule has 1 rings (SSSR count). The van der Waals surface area contributed by atoms with E-state index in [0.29, 0.717) is 0 Å². The van der Waals surface area contributed by atoms with Gasteiger partial charge in [0.2, 0.25) is 0 Å². The summed E-state index contributed by atoms with van der Waals surface area (Å²) in [6, 6.07) is 0. The summed E-state index contributed by atoms with van der Waals surface area (Å²) in [5.74, 6) is -1.93. The number of ether oxygens (including phenoxy) is 2. The molecule has 0 aromatic rings. The Labute approximate surface area is 93.5 Å². The number of carbonyl (C=O) groups is 3. The highest BCUT2D eigenvalue weighted by atomic mass is 16.6. The smallest absolute Gasteiger partial charge is 0.347 e. The fraction of sp³-hybridized carbons (Fsp3) is 0.700. The Bertz CT molecular complexity index is 263. The molecule has 6 nitrogen and oxygen atoms in total. The minimum absolute atomic E-state index is 0.231. The Kier molecular flexibility index (Phi) is 5.49. The van der Waals surface area contributed by atoms with Gasteiger partial charge in [0.1, 0.15) is 0 Å². The lowest BCUT2D eigenvalue weighted by molar-refractivity contribution is -0.191. The van der Waals surface area contributed by atoms with Crippen molar-refractivity contribution in [3.8, 4) is 0 Å². The summed E-state index contributed by atoms with van der Waals surface area (Å²) in [5, 5.41) is 7.99. The average molecular weight is 232 g/mol. The van der Waals surface area contributed by atoms with Crippen molar-refractivity contribution in [1.29, 1.82) is 0 Å². The summed E-state index contributed by atoms with van der Waals surface area (Å²) < 4.78 is 9.19. The normalized spacial score (nSPS) is 24.1. The van der Waals surface area contributed by atoms with E-state index in [1.54, 1.807) is 13.8 Å². The fourth-order valence-corrected chi connectivity index (χ4v) is 0.636. The number of rotatable bonds is 1. The van der Waals surface area contributed by atoms with E-state index in [9.17, 15) is 14.4 Å². The maximum atomic E-state index is 10.7. The van der Waals surface area contributed by atoms with E-state index in [1.807, 2.05) is 0 Å². The number of esters is 2. The van der Waals surface area contributed by atoms with Gasteiger partial charge in [-0.3, -0.25) is 4.79 Å². The maximum absolute atomic E-state index is 10.7. The van der Waals surface area contributed by atoms with E-state index in [-0.39, 0.29) is 5.92 Å². The molecule has 1 fully saturated rings. The molecule has 92 valence electrons. The van der Waals surface area contributed by atoms with Crippen molar-refractivity contribution < 1.29 is 29.0 Å². The van der Waals surface area contributed by atoms with Crippen molar-refractivity contribution >= 4 is 17.9 Å². The second-order valence-corrected chi connectivity index (χ2v) is 3.65. The summed E-state index contributed by atoms with van der Waals surface area (Å²) in [5.41, 5.74) is 0. The number of aliphatic carboxylic acids is 1. The summed E-state index contributed by atoms with van der Waals surface area (Å²) in [4.78, 5) is 31.0. The molecule has 0 aromatic carbocycles. The van der Waals surface area contributed by atoms with Gasteiger partial charge in [-0.1, -0.05) is 13.8 Å². The minimum Gasteiger partial charge on any atom is -0.481 e. The first-order valence-electron chi connectivity index (χ1n) is 4.89. The molecule has 1 aliphatic heterocycles. The van der Waals surface area contributed by atoms with Crippen molar-refractivity contribution in [3.63, 3.8) is 0 Å². The first kappa shape index (κ1) is 14.4. The van der Waals surface area contributed by atoms with Crippen molar-refractivity contribution in [3.05, 3.63) is 0 Å². The molecule has 0 spiro atoms. The molecule has 0 saturated carbocycles. The predicted octanol–water partition coefficient (Wildman–Crippen LogP) is 0.590. The van der Waals surface area contributed by atoms with Gasteiger partial charge in [-0.05, 0) is 13.8 Å². The molecule has 2 atom stereocenters. The number of carboxylic acid groups (broad SMARTS) is 1. The molecule has 0 aromatic heterocycles. The largest absolute Gasteiger partial charge is 0.481 e. The highest BCUT2D eigenvalue weighted by Crippen LogP contribution is 2.08. The van der Waals surface area contributed by atoms with Crippen LogP contribution >= 0.6 is 0 Å². The second-order valence-electron chi connectivity index (χ2n) is 3.65. The third kappa shape index (κ3) is 4.77. The molecule has 0 radical (unpaired) electrons. The number of hydrogen-bond acceptors (Lipinski definition) is 5. The van der Waals surface area contributed by atoms with E-state index >= 15 is 0 Å². The van der Waals surface area contributed by atoms with Crippen LogP contribution in [0.1, 0.15) is 27.7 Å². The van der Waals surface area contributed by atoms with Gasteiger partial charge >= 0.3 is 17.9 Å². The lowest BCUT2D eigenvalue weighted by Gasteiger charge is -2.22. The Morgan fingerprint density at radius 1 is 1.12 bits per heavy atom. The third-order valence-electron chi connectivity index (χ3n) is 1.74. The molecule has 2 unspecified atom stereocenters. The first-order chi connectivity index (χ1) is 7.25. The summed E-state index contributed by atoms with van der Waals surface area (Å²) in [6.45, 7) is 6.24. The highest BCUT2D eigenvalue weighted by molar-refractivity contribution is 5.86. The van der Waals surface area contributed by atoms with E-state index < -0.39 is 30.1 Å². The SMILES string of the molecule is CC(C)C(=O)O.CC1OC(=O)C(C)OC1=O. The van der Waals surface area contributed by atoms with Crippen molar-refractivity contribution in [2.24, 2.45) is 5.92 Å². The van der Waals surface area contributed by atoms with Crippen molar-refractivity contribution in [2.45, 2.75) is 39.9 Å². The number of carboxylic acids is 1. The monoisotopic (exact) mass is 232 g/mol. The average Bonchev–Trinajstić information content (AvgIpc) is 2.16. The van der Waals surface area contributed by atoms with Crippen LogP contribution in [0.25, 0.3) is 0 Å². The van der Waals surface area contributed by atoms with Crippen LogP contribution in [0.15, 0.2) is 0 Å². The molecule has 6 heteroatoms. The van der Waals surface area contributed by atoms with E-state index in [4.69, 9.17) is 5.11 Å². The second kappa shape index (κ2) is 6.09. The van der Waals surface area contributed by atoms with Crippen molar-refractivity contribution in [1.82, 2.24) is 0 Å². The Hall–Kier alpha value is -1.59. The van der Waals surface area contributed by atoms with Gasteiger partial charge < -0.3 is 14.6 Å². The molecule has 0 aliphatic carbocycles. The third-order valence-corrected chi connectivity index (χ3v) is 1.74. The zero-order valence-electron chi connectivity index (χ0n) is 9.72. The molecule has 0 amide bonds. The summed E-state index contributed by atoms with van der Waals surface area (Å²) >= 11 is 0.